The van der Waals surface area contributed by atoms with Gasteiger partial charge in [0.25, 0.3) is 5.91 Å². The molecule has 0 unspecified atom stereocenters. The van der Waals surface area contributed by atoms with Gasteiger partial charge in [0.2, 0.25) is 11.5 Å². The lowest BCUT2D eigenvalue weighted by Gasteiger charge is -2.08. The summed E-state index contributed by atoms with van der Waals surface area (Å²) in [5, 5.41) is 2.95. The van der Waals surface area contributed by atoms with Crippen LogP contribution < -0.4 is 15.6 Å². The van der Waals surface area contributed by atoms with Crippen molar-refractivity contribution in [3.8, 4) is 5.75 Å². The summed E-state index contributed by atoms with van der Waals surface area (Å²) in [4.78, 5) is 28.3. The zero-order valence-corrected chi connectivity index (χ0v) is 15.4. The number of nitrogens with one attached hydrogen (secondary N) is 1. The Kier molecular flexibility index (Phi) is 5.35. The number of hydrogen-bond acceptors (Lipinski definition) is 5. The number of carbonyl (C=O) groups is 2. The van der Waals surface area contributed by atoms with Crippen LogP contribution in [0.15, 0.2) is 57.9 Å². The van der Waals surface area contributed by atoms with E-state index in [1.807, 2.05) is 50.2 Å². The van der Waals surface area contributed by atoms with Gasteiger partial charge in [-0.25, -0.2) is 4.99 Å². The predicted molar refractivity (Wildman–Crippen MR) is 102 cm³/mol. The number of amides is 2. The second-order valence-corrected chi connectivity index (χ2v) is 6.03. The monoisotopic (exact) mass is 364 g/mol. The number of rotatable bonds is 4. The maximum absolute atomic E-state index is 12.5. The molecule has 0 saturated heterocycles. The summed E-state index contributed by atoms with van der Waals surface area (Å²) in [5.41, 5.74) is 2.45. The molecule has 0 spiro atoms. The molecule has 0 radical (unpaired) electrons. The first-order valence-corrected chi connectivity index (χ1v) is 8.61. The summed E-state index contributed by atoms with van der Waals surface area (Å²) in [7, 11) is 0. The number of aryl methyl sites for hydroxylation is 1. The topological polar surface area (TPSA) is 80.9 Å². The minimum Gasteiger partial charge on any atom is -0.490 e. The van der Waals surface area contributed by atoms with Crippen molar-refractivity contribution in [1.82, 2.24) is 5.32 Å². The zero-order valence-electron chi connectivity index (χ0n) is 15.4. The minimum atomic E-state index is -0.568. The van der Waals surface area contributed by atoms with Crippen LogP contribution >= 0.6 is 0 Å². The molecule has 2 amide bonds. The number of para-hydroxylation sites is 1. The maximum atomic E-state index is 12.5. The lowest BCUT2D eigenvalue weighted by molar-refractivity contribution is -0.118. The molecule has 6 heteroatoms. The highest BCUT2D eigenvalue weighted by Crippen LogP contribution is 2.25. The van der Waals surface area contributed by atoms with Gasteiger partial charge < -0.3 is 9.15 Å². The van der Waals surface area contributed by atoms with E-state index in [-0.39, 0.29) is 11.1 Å². The van der Waals surface area contributed by atoms with Crippen LogP contribution in [0.2, 0.25) is 0 Å². The Labute approximate surface area is 156 Å². The van der Waals surface area contributed by atoms with Gasteiger partial charge in [-0.05, 0) is 43.7 Å². The SMILES string of the molecule is CCOc1cccc2cc(C(=O)NC(C)=O)c(=Nc3cccc(C)c3)oc12. The summed E-state index contributed by atoms with van der Waals surface area (Å²) < 4.78 is 11.6. The quantitative estimate of drug-likeness (QED) is 0.766. The molecular weight excluding hydrogens is 344 g/mol. The molecular formula is C21H20N2O4. The van der Waals surface area contributed by atoms with Crippen molar-refractivity contribution in [3.05, 3.63) is 65.2 Å². The van der Waals surface area contributed by atoms with Gasteiger partial charge in [0.15, 0.2) is 11.3 Å². The number of nitrogens with zero attached hydrogens (tertiary/aromatic N) is 1. The lowest BCUT2D eigenvalue weighted by Crippen LogP contribution is -2.32. The Morgan fingerprint density at radius 3 is 2.63 bits per heavy atom. The van der Waals surface area contributed by atoms with Crippen LogP contribution in [0.4, 0.5) is 5.69 Å². The highest BCUT2D eigenvalue weighted by Gasteiger charge is 2.15. The van der Waals surface area contributed by atoms with E-state index in [0.29, 0.717) is 29.0 Å². The fourth-order valence-corrected chi connectivity index (χ4v) is 2.68. The third kappa shape index (κ3) is 4.23. The van der Waals surface area contributed by atoms with E-state index in [0.717, 1.165) is 5.56 Å². The number of benzene rings is 2. The summed E-state index contributed by atoms with van der Waals surface area (Å²) >= 11 is 0. The van der Waals surface area contributed by atoms with Crippen molar-refractivity contribution in [3.63, 3.8) is 0 Å². The highest BCUT2D eigenvalue weighted by atomic mass is 16.5. The number of ether oxygens (including phenoxy) is 1. The average Bonchev–Trinajstić information content (AvgIpc) is 2.61. The number of carbonyl (C=O) groups excluding carboxylic acids is 2. The molecule has 1 aromatic heterocycles. The first-order valence-electron chi connectivity index (χ1n) is 8.61. The van der Waals surface area contributed by atoms with Gasteiger partial charge in [-0.15, -0.1) is 0 Å². The van der Waals surface area contributed by atoms with Crippen molar-refractivity contribution in [2.24, 2.45) is 4.99 Å². The van der Waals surface area contributed by atoms with E-state index in [4.69, 9.17) is 9.15 Å². The Bertz CT molecular complexity index is 1080. The highest BCUT2D eigenvalue weighted by molar-refractivity contribution is 6.05. The predicted octanol–water partition coefficient (Wildman–Crippen LogP) is 3.65. The van der Waals surface area contributed by atoms with E-state index < -0.39 is 11.8 Å². The Morgan fingerprint density at radius 1 is 1.15 bits per heavy atom. The molecule has 3 rings (SSSR count). The molecule has 1 heterocycles. The maximum Gasteiger partial charge on any atom is 0.263 e. The average molecular weight is 364 g/mol. The second-order valence-electron chi connectivity index (χ2n) is 6.03. The smallest absolute Gasteiger partial charge is 0.263 e. The van der Waals surface area contributed by atoms with Gasteiger partial charge in [0.1, 0.15) is 5.56 Å². The van der Waals surface area contributed by atoms with E-state index in [9.17, 15) is 9.59 Å². The Balaban J connectivity index is 2.27. The fraction of sp³-hybridized carbons (Fsp3) is 0.190. The largest absolute Gasteiger partial charge is 0.490 e. The van der Waals surface area contributed by atoms with Gasteiger partial charge in [0, 0.05) is 12.3 Å². The lowest BCUT2D eigenvalue weighted by atomic mass is 10.1. The molecule has 27 heavy (non-hydrogen) atoms. The molecule has 1 N–H and O–H groups in total. The van der Waals surface area contributed by atoms with E-state index >= 15 is 0 Å². The molecule has 0 fully saturated rings. The van der Waals surface area contributed by atoms with Crippen LogP contribution in [0, 0.1) is 6.92 Å². The number of fused-ring (bicyclic) bond motifs is 1. The Hall–Kier alpha value is -3.41. The van der Waals surface area contributed by atoms with Gasteiger partial charge >= 0.3 is 0 Å². The van der Waals surface area contributed by atoms with Crippen LogP contribution in [0.25, 0.3) is 11.0 Å². The molecule has 0 atom stereocenters. The van der Waals surface area contributed by atoms with Gasteiger partial charge in [-0.2, -0.15) is 0 Å². The molecule has 6 nitrogen and oxygen atoms in total. The fourth-order valence-electron chi connectivity index (χ4n) is 2.68. The zero-order chi connectivity index (χ0) is 19.4. The normalized spacial score (nSPS) is 11.4. The van der Waals surface area contributed by atoms with Crippen LogP contribution in [0.3, 0.4) is 0 Å². The van der Waals surface area contributed by atoms with Crippen molar-refractivity contribution < 1.29 is 18.7 Å². The molecule has 0 bridgehead atoms. The summed E-state index contributed by atoms with van der Waals surface area (Å²) in [6.07, 6.45) is 0. The summed E-state index contributed by atoms with van der Waals surface area (Å²) in [5.74, 6) is -0.458. The molecule has 138 valence electrons. The third-order valence-electron chi connectivity index (χ3n) is 3.80. The van der Waals surface area contributed by atoms with Gasteiger partial charge in [-0.3, -0.25) is 14.9 Å². The molecule has 0 aliphatic heterocycles. The molecule has 3 aromatic rings. The number of imide groups is 1. The second kappa shape index (κ2) is 7.86. The molecule has 0 aliphatic carbocycles. The van der Waals surface area contributed by atoms with Crippen LogP contribution in [-0.2, 0) is 4.79 Å². The minimum absolute atomic E-state index is 0.110. The van der Waals surface area contributed by atoms with E-state index in [2.05, 4.69) is 10.3 Å². The molecule has 0 aliphatic rings. The van der Waals surface area contributed by atoms with Crippen molar-refractivity contribution >= 4 is 28.5 Å². The Morgan fingerprint density at radius 2 is 1.93 bits per heavy atom. The standard InChI is InChI=1S/C21H20N2O4/c1-4-26-18-10-6-8-15-12-17(20(25)22-14(3)24)21(27-19(15)18)23-16-9-5-7-13(2)11-16/h5-12H,4H2,1-3H3,(H,22,24,25). The number of hydrogen-bond donors (Lipinski definition) is 1. The van der Waals surface area contributed by atoms with E-state index in [1.54, 1.807) is 12.1 Å². The van der Waals surface area contributed by atoms with Crippen LogP contribution in [0.5, 0.6) is 5.75 Å². The van der Waals surface area contributed by atoms with E-state index in [1.165, 1.54) is 6.92 Å². The summed E-state index contributed by atoms with van der Waals surface area (Å²) in [6.45, 7) is 5.59. The first kappa shape index (κ1) is 18.4. The molecule has 2 aromatic carbocycles. The third-order valence-corrected chi connectivity index (χ3v) is 3.80. The van der Waals surface area contributed by atoms with Gasteiger partial charge in [-0.1, -0.05) is 24.3 Å². The van der Waals surface area contributed by atoms with Gasteiger partial charge in [0.05, 0.1) is 12.3 Å². The first-order chi connectivity index (χ1) is 13.0. The molecule has 0 saturated carbocycles. The van der Waals surface area contributed by atoms with Crippen LogP contribution in [0.1, 0.15) is 29.8 Å². The van der Waals surface area contributed by atoms with Crippen molar-refractivity contribution in [1.29, 1.82) is 0 Å². The van der Waals surface area contributed by atoms with Crippen molar-refractivity contribution in [2.75, 3.05) is 6.61 Å². The summed E-state index contributed by atoms with van der Waals surface area (Å²) in [6, 6.07) is 14.6. The van der Waals surface area contributed by atoms with Crippen LogP contribution in [-0.4, -0.2) is 18.4 Å². The van der Waals surface area contributed by atoms with Crippen molar-refractivity contribution in [2.45, 2.75) is 20.8 Å².